The number of aliphatic hydroxyl groups excluding tert-OH is 1. The lowest BCUT2D eigenvalue weighted by molar-refractivity contribution is 0.0991. The van der Waals surface area contributed by atoms with Crippen LogP contribution in [-0.4, -0.2) is 48.5 Å². The Morgan fingerprint density at radius 2 is 1.84 bits per heavy atom. The van der Waals surface area contributed by atoms with Gasteiger partial charge in [0.05, 0.1) is 5.52 Å². The van der Waals surface area contributed by atoms with Crippen LogP contribution in [0.2, 0.25) is 0 Å². The second-order valence-electron chi connectivity index (χ2n) is 9.27. The van der Waals surface area contributed by atoms with E-state index in [1.807, 2.05) is 24.3 Å². The monoisotopic (exact) mass is 437 g/mol. The molecule has 174 valence electrons. The van der Waals surface area contributed by atoms with E-state index in [-0.39, 0.29) is 0 Å². The van der Waals surface area contributed by atoms with Crippen molar-refractivity contribution in [1.29, 1.82) is 0 Å². The number of hydrogen-bond donors (Lipinski definition) is 4. The number of unbranched alkanes of at least 4 members (excludes halogenated alkanes) is 3. The van der Waals surface area contributed by atoms with E-state index in [1.165, 1.54) is 44.9 Å². The van der Waals surface area contributed by atoms with Crippen LogP contribution in [0.15, 0.2) is 42.5 Å². The maximum atomic E-state index is 10.7. The Hall–Kier alpha value is -2.08. The summed E-state index contributed by atoms with van der Waals surface area (Å²) in [6.07, 6.45) is 8.27. The minimum Gasteiger partial charge on any atom is -0.490 e. The van der Waals surface area contributed by atoms with Crippen LogP contribution in [0.4, 0.5) is 0 Å². The third kappa shape index (κ3) is 5.83. The summed E-state index contributed by atoms with van der Waals surface area (Å²) in [6, 6.07) is 14.8. The molecule has 0 amide bonds. The van der Waals surface area contributed by atoms with Crippen molar-refractivity contribution in [3.63, 3.8) is 0 Å². The fourth-order valence-corrected chi connectivity index (χ4v) is 5.06. The van der Waals surface area contributed by atoms with E-state index in [9.17, 15) is 5.11 Å². The lowest BCUT2D eigenvalue weighted by atomic mass is 9.87. The van der Waals surface area contributed by atoms with Gasteiger partial charge in [0, 0.05) is 28.9 Å². The summed E-state index contributed by atoms with van der Waals surface area (Å²) in [5.41, 5.74) is 2.17. The van der Waals surface area contributed by atoms with E-state index in [1.54, 1.807) is 0 Å². The highest BCUT2D eigenvalue weighted by Gasteiger charge is 2.23. The van der Waals surface area contributed by atoms with Crippen LogP contribution in [0.25, 0.3) is 21.8 Å². The maximum Gasteiger partial charge on any atom is 0.129 e. The molecule has 4 rings (SSSR count). The molecule has 1 unspecified atom stereocenters. The van der Waals surface area contributed by atoms with E-state index < -0.39 is 6.10 Å². The van der Waals surface area contributed by atoms with Crippen LogP contribution in [-0.2, 0) is 0 Å². The van der Waals surface area contributed by atoms with Gasteiger partial charge in [0.1, 0.15) is 18.5 Å². The zero-order valence-electron chi connectivity index (χ0n) is 19.4. The number of rotatable bonds is 12. The SMILES string of the molecule is CCCCCCC(NC[C@H](O)COc1cccc2[nH]c3ccccc3c12)C1CCNCC1. The predicted octanol–water partition coefficient (Wildman–Crippen LogP) is 4.99. The van der Waals surface area contributed by atoms with Gasteiger partial charge in [-0.15, -0.1) is 0 Å². The first-order valence-electron chi connectivity index (χ1n) is 12.5. The maximum absolute atomic E-state index is 10.7. The Morgan fingerprint density at radius 3 is 2.69 bits per heavy atom. The quantitative estimate of drug-likeness (QED) is 0.301. The zero-order chi connectivity index (χ0) is 22.2. The Kier molecular flexibility index (Phi) is 8.43. The molecule has 3 aromatic rings. The third-order valence-corrected chi connectivity index (χ3v) is 6.86. The molecule has 0 bridgehead atoms. The first-order valence-corrected chi connectivity index (χ1v) is 12.5. The van der Waals surface area contributed by atoms with E-state index in [0.717, 1.165) is 40.6 Å². The molecule has 5 heteroatoms. The summed E-state index contributed by atoms with van der Waals surface area (Å²) in [5.74, 6) is 1.53. The number of aliphatic hydroxyl groups is 1. The summed E-state index contributed by atoms with van der Waals surface area (Å²) in [7, 11) is 0. The van der Waals surface area contributed by atoms with E-state index in [2.05, 4.69) is 40.7 Å². The van der Waals surface area contributed by atoms with Crippen molar-refractivity contribution in [2.24, 2.45) is 5.92 Å². The number of fused-ring (bicyclic) bond motifs is 3. The number of hydrogen-bond acceptors (Lipinski definition) is 4. The number of para-hydroxylation sites is 1. The average Bonchev–Trinajstić information content (AvgIpc) is 3.22. The smallest absolute Gasteiger partial charge is 0.129 e. The normalized spacial score (nSPS) is 17.1. The summed E-state index contributed by atoms with van der Waals surface area (Å²) in [4.78, 5) is 3.45. The molecule has 1 aliphatic rings. The molecule has 32 heavy (non-hydrogen) atoms. The number of aromatic nitrogens is 1. The standard InChI is InChI=1S/C27H39N3O2/c1-2-3-4-5-10-23(20-14-16-28-17-15-20)29-18-21(31)19-32-26-13-8-12-25-27(26)22-9-6-7-11-24(22)30-25/h6-9,11-13,20-21,23,28-31H,2-5,10,14-19H2,1H3/t21-,23?/m0/s1. The van der Waals surface area contributed by atoms with E-state index in [0.29, 0.717) is 25.1 Å². The number of nitrogens with one attached hydrogen (secondary N) is 3. The highest BCUT2D eigenvalue weighted by Crippen LogP contribution is 2.33. The lowest BCUT2D eigenvalue weighted by Crippen LogP contribution is -2.45. The van der Waals surface area contributed by atoms with Crippen molar-refractivity contribution >= 4 is 21.8 Å². The molecule has 1 aliphatic heterocycles. The van der Waals surface area contributed by atoms with Gasteiger partial charge in [0.2, 0.25) is 0 Å². The van der Waals surface area contributed by atoms with Gasteiger partial charge in [-0.2, -0.15) is 0 Å². The number of ether oxygens (including phenoxy) is 1. The second-order valence-corrected chi connectivity index (χ2v) is 9.27. The second kappa shape index (κ2) is 11.7. The molecule has 2 atom stereocenters. The Labute approximate surface area is 191 Å². The molecule has 2 aromatic carbocycles. The molecule has 1 saturated heterocycles. The van der Waals surface area contributed by atoms with Crippen molar-refractivity contribution in [3.8, 4) is 5.75 Å². The van der Waals surface area contributed by atoms with E-state index in [4.69, 9.17) is 4.74 Å². The molecule has 5 nitrogen and oxygen atoms in total. The minimum absolute atomic E-state index is 0.292. The fraction of sp³-hybridized carbons (Fsp3) is 0.556. The number of H-pyrrole nitrogens is 1. The van der Waals surface area contributed by atoms with Crippen molar-refractivity contribution < 1.29 is 9.84 Å². The summed E-state index contributed by atoms with van der Waals surface area (Å²) in [5, 5.41) is 20.1. The first-order chi connectivity index (χ1) is 15.8. The van der Waals surface area contributed by atoms with Crippen LogP contribution < -0.4 is 15.4 Å². The van der Waals surface area contributed by atoms with Gasteiger partial charge >= 0.3 is 0 Å². The van der Waals surface area contributed by atoms with Crippen LogP contribution in [0, 0.1) is 5.92 Å². The van der Waals surface area contributed by atoms with Crippen LogP contribution in [0.3, 0.4) is 0 Å². The molecule has 2 heterocycles. The summed E-state index contributed by atoms with van der Waals surface area (Å²) < 4.78 is 6.12. The molecule has 0 aliphatic carbocycles. The van der Waals surface area contributed by atoms with Gasteiger partial charge in [-0.25, -0.2) is 0 Å². The van der Waals surface area contributed by atoms with Crippen molar-refractivity contribution in [3.05, 3.63) is 42.5 Å². The third-order valence-electron chi connectivity index (χ3n) is 6.86. The molecular weight excluding hydrogens is 398 g/mol. The van der Waals surface area contributed by atoms with Crippen molar-refractivity contribution in [2.75, 3.05) is 26.2 Å². The Bertz CT molecular complexity index is 964. The average molecular weight is 438 g/mol. The lowest BCUT2D eigenvalue weighted by Gasteiger charge is -2.32. The van der Waals surface area contributed by atoms with Gasteiger partial charge in [-0.3, -0.25) is 0 Å². The summed E-state index contributed by atoms with van der Waals surface area (Å²) in [6.45, 7) is 5.35. The highest BCUT2D eigenvalue weighted by molar-refractivity contribution is 6.10. The number of piperidine rings is 1. The largest absolute Gasteiger partial charge is 0.490 e. The van der Waals surface area contributed by atoms with Crippen LogP contribution in [0.1, 0.15) is 51.9 Å². The van der Waals surface area contributed by atoms with Crippen molar-refractivity contribution in [1.82, 2.24) is 15.6 Å². The summed E-state index contributed by atoms with van der Waals surface area (Å²) >= 11 is 0. The van der Waals surface area contributed by atoms with Crippen LogP contribution >= 0.6 is 0 Å². The van der Waals surface area contributed by atoms with Gasteiger partial charge in [-0.1, -0.05) is 56.9 Å². The molecular formula is C27H39N3O2. The molecule has 0 radical (unpaired) electrons. The molecule has 1 aromatic heterocycles. The zero-order valence-corrected chi connectivity index (χ0v) is 19.4. The topological polar surface area (TPSA) is 69.3 Å². The first kappa shape index (κ1) is 23.1. The predicted molar refractivity (Wildman–Crippen MR) is 133 cm³/mol. The number of benzene rings is 2. The van der Waals surface area contributed by atoms with Crippen molar-refractivity contribution in [2.45, 2.75) is 64.0 Å². The van der Waals surface area contributed by atoms with Crippen LogP contribution in [0.5, 0.6) is 5.75 Å². The molecule has 4 N–H and O–H groups in total. The molecule has 1 fully saturated rings. The van der Waals surface area contributed by atoms with Gasteiger partial charge in [-0.05, 0) is 56.5 Å². The molecule has 0 spiro atoms. The van der Waals surface area contributed by atoms with Gasteiger partial charge in [0.25, 0.3) is 0 Å². The Balaban J connectivity index is 1.33. The van der Waals surface area contributed by atoms with Gasteiger partial charge < -0.3 is 25.5 Å². The van der Waals surface area contributed by atoms with Gasteiger partial charge in [0.15, 0.2) is 0 Å². The minimum atomic E-state index is -0.532. The Morgan fingerprint density at radius 1 is 1.03 bits per heavy atom. The number of aromatic amines is 1. The highest BCUT2D eigenvalue weighted by atomic mass is 16.5. The van der Waals surface area contributed by atoms with E-state index >= 15 is 0 Å². The fourth-order valence-electron chi connectivity index (χ4n) is 5.06. The molecule has 0 saturated carbocycles.